The molecule has 4 heteroatoms. The van der Waals surface area contributed by atoms with Gasteiger partial charge in [0.1, 0.15) is 0 Å². The van der Waals surface area contributed by atoms with Gasteiger partial charge in [-0.3, -0.25) is 9.59 Å². The number of hydrogen-bond donors (Lipinski definition) is 0. The zero-order valence-corrected chi connectivity index (χ0v) is 15.0. The van der Waals surface area contributed by atoms with Gasteiger partial charge in [0.05, 0.1) is 5.92 Å². The number of benzene rings is 1. The van der Waals surface area contributed by atoms with Crippen LogP contribution in [0.3, 0.4) is 0 Å². The highest BCUT2D eigenvalue weighted by atomic mass is 16.2. The number of carbonyl (C=O) groups excluding carboxylic acids is 2. The molecule has 1 saturated heterocycles. The molecular formula is C20H28N2O2. The van der Waals surface area contributed by atoms with Crippen molar-refractivity contribution in [3.05, 3.63) is 35.4 Å². The smallest absolute Gasteiger partial charge is 0.228 e. The zero-order valence-electron chi connectivity index (χ0n) is 15.0. The van der Waals surface area contributed by atoms with Gasteiger partial charge in [-0.1, -0.05) is 38.1 Å². The van der Waals surface area contributed by atoms with E-state index in [1.165, 1.54) is 11.1 Å². The van der Waals surface area contributed by atoms with E-state index in [1.807, 2.05) is 22.8 Å². The summed E-state index contributed by atoms with van der Waals surface area (Å²) in [7, 11) is 0. The van der Waals surface area contributed by atoms with E-state index in [2.05, 4.69) is 32.0 Å². The van der Waals surface area contributed by atoms with Crippen molar-refractivity contribution in [2.24, 2.45) is 11.8 Å². The zero-order chi connectivity index (χ0) is 17.3. The maximum atomic E-state index is 13.1. The highest BCUT2D eigenvalue weighted by molar-refractivity contribution is 5.84. The lowest BCUT2D eigenvalue weighted by molar-refractivity contribution is -0.148. The molecule has 0 spiro atoms. The van der Waals surface area contributed by atoms with Gasteiger partial charge in [0.15, 0.2) is 0 Å². The van der Waals surface area contributed by atoms with Crippen molar-refractivity contribution in [2.75, 3.05) is 13.1 Å². The second kappa shape index (κ2) is 6.96. The first kappa shape index (κ1) is 17.0. The summed E-state index contributed by atoms with van der Waals surface area (Å²) in [6.07, 6.45) is 2.11. The Morgan fingerprint density at radius 2 is 1.92 bits per heavy atom. The van der Waals surface area contributed by atoms with Gasteiger partial charge in [0, 0.05) is 32.1 Å². The lowest BCUT2D eigenvalue weighted by Crippen LogP contribution is -2.53. The third kappa shape index (κ3) is 3.33. The summed E-state index contributed by atoms with van der Waals surface area (Å²) in [5.41, 5.74) is 2.62. The van der Waals surface area contributed by atoms with Crippen LogP contribution in [0.2, 0.25) is 0 Å². The molecule has 2 aliphatic rings. The van der Waals surface area contributed by atoms with Gasteiger partial charge in [0.25, 0.3) is 0 Å². The van der Waals surface area contributed by atoms with Crippen molar-refractivity contribution in [3.8, 4) is 0 Å². The summed E-state index contributed by atoms with van der Waals surface area (Å²) in [5.74, 6) is 0.779. The Morgan fingerprint density at radius 3 is 2.62 bits per heavy atom. The van der Waals surface area contributed by atoms with Gasteiger partial charge in [-0.15, -0.1) is 0 Å². The fourth-order valence-electron chi connectivity index (χ4n) is 4.02. The molecule has 2 atom stereocenters. The van der Waals surface area contributed by atoms with E-state index in [4.69, 9.17) is 0 Å². The standard InChI is InChI=1S/C20H28N2O2/c1-14(2)12-22-15(3)18(8-9-19(22)23)20(24)21-11-10-16-6-4-5-7-17(16)13-21/h4-7,14-15,18H,8-13H2,1-3H3/t15-,18-/m1/s1. The van der Waals surface area contributed by atoms with Gasteiger partial charge in [-0.05, 0) is 36.8 Å². The van der Waals surface area contributed by atoms with E-state index >= 15 is 0 Å². The van der Waals surface area contributed by atoms with Crippen LogP contribution in [0.4, 0.5) is 0 Å². The Bertz CT molecular complexity index is 626. The minimum absolute atomic E-state index is 0.00156. The summed E-state index contributed by atoms with van der Waals surface area (Å²) in [6, 6.07) is 8.38. The summed E-state index contributed by atoms with van der Waals surface area (Å²) in [4.78, 5) is 29.3. The molecule has 3 rings (SSSR count). The first-order valence-corrected chi connectivity index (χ1v) is 9.12. The predicted molar refractivity (Wildman–Crippen MR) is 94.3 cm³/mol. The molecule has 2 heterocycles. The molecule has 0 N–H and O–H groups in total. The molecule has 0 radical (unpaired) electrons. The number of nitrogens with zero attached hydrogens (tertiary/aromatic N) is 2. The highest BCUT2D eigenvalue weighted by Gasteiger charge is 2.39. The number of hydrogen-bond acceptors (Lipinski definition) is 2. The highest BCUT2D eigenvalue weighted by Crippen LogP contribution is 2.29. The molecule has 0 unspecified atom stereocenters. The minimum Gasteiger partial charge on any atom is -0.339 e. The number of rotatable bonds is 3. The second-order valence-corrected chi connectivity index (χ2v) is 7.60. The van der Waals surface area contributed by atoms with Crippen LogP contribution in [0.15, 0.2) is 24.3 Å². The summed E-state index contributed by atoms with van der Waals surface area (Å²) >= 11 is 0. The summed E-state index contributed by atoms with van der Waals surface area (Å²) < 4.78 is 0. The molecular weight excluding hydrogens is 300 g/mol. The summed E-state index contributed by atoms with van der Waals surface area (Å²) in [5, 5.41) is 0. The van der Waals surface area contributed by atoms with E-state index < -0.39 is 0 Å². The number of piperidine rings is 1. The molecule has 1 aromatic rings. The molecule has 130 valence electrons. The number of likely N-dealkylation sites (tertiary alicyclic amines) is 1. The molecule has 2 aliphatic heterocycles. The van der Waals surface area contributed by atoms with Crippen LogP contribution in [0.1, 0.15) is 44.7 Å². The van der Waals surface area contributed by atoms with Crippen LogP contribution in [-0.4, -0.2) is 40.7 Å². The van der Waals surface area contributed by atoms with Crippen molar-refractivity contribution < 1.29 is 9.59 Å². The largest absolute Gasteiger partial charge is 0.339 e. The fraction of sp³-hybridized carbons (Fsp3) is 0.600. The third-order valence-electron chi connectivity index (χ3n) is 5.38. The van der Waals surface area contributed by atoms with Gasteiger partial charge in [0.2, 0.25) is 11.8 Å². The lowest BCUT2D eigenvalue weighted by atomic mass is 9.87. The Hall–Kier alpha value is -1.84. The van der Waals surface area contributed by atoms with Crippen molar-refractivity contribution in [2.45, 2.75) is 52.6 Å². The number of carbonyl (C=O) groups is 2. The lowest BCUT2D eigenvalue weighted by Gasteiger charge is -2.42. The Balaban J connectivity index is 1.72. The van der Waals surface area contributed by atoms with Gasteiger partial charge in [-0.25, -0.2) is 0 Å². The van der Waals surface area contributed by atoms with E-state index in [9.17, 15) is 9.59 Å². The van der Waals surface area contributed by atoms with Crippen LogP contribution in [0.25, 0.3) is 0 Å². The second-order valence-electron chi connectivity index (χ2n) is 7.60. The van der Waals surface area contributed by atoms with Crippen molar-refractivity contribution in [1.29, 1.82) is 0 Å². The maximum Gasteiger partial charge on any atom is 0.228 e. The van der Waals surface area contributed by atoms with Crippen molar-refractivity contribution in [1.82, 2.24) is 9.80 Å². The van der Waals surface area contributed by atoms with Crippen molar-refractivity contribution >= 4 is 11.8 Å². The quantitative estimate of drug-likeness (QED) is 0.856. The SMILES string of the molecule is CC(C)CN1C(=O)CC[C@@H](C(=O)N2CCc3ccccc3C2)[C@H]1C. The molecule has 0 bridgehead atoms. The molecule has 4 nitrogen and oxygen atoms in total. The number of fused-ring (bicyclic) bond motifs is 1. The molecule has 0 aromatic heterocycles. The molecule has 1 fully saturated rings. The average Bonchev–Trinajstić information content (AvgIpc) is 2.57. The molecule has 0 saturated carbocycles. The van der Waals surface area contributed by atoms with Crippen molar-refractivity contribution in [3.63, 3.8) is 0 Å². The first-order valence-electron chi connectivity index (χ1n) is 9.12. The van der Waals surface area contributed by atoms with E-state index in [0.717, 1.165) is 19.5 Å². The number of amides is 2. The summed E-state index contributed by atoms with van der Waals surface area (Å²) in [6.45, 7) is 8.51. The Labute approximate surface area is 144 Å². The fourth-order valence-corrected chi connectivity index (χ4v) is 4.02. The predicted octanol–water partition coefficient (Wildman–Crippen LogP) is 2.85. The van der Waals surface area contributed by atoms with Crippen LogP contribution < -0.4 is 0 Å². The molecule has 0 aliphatic carbocycles. The molecule has 24 heavy (non-hydrogen) atoms. The van der Waals surface area contributed by atoms with Crippen LogP contribution in [0, 0.1) is 11.8 Å². The van der Waals surface area contributed by atoms with Crippen LogP contribution in [0.5, 0.6) is 0 Å². The van der Waals surface area contributed by atoms with E-state index in [1.54, 1.807) is 0 Å². The Morgan fingerprint density at radius 1 is 1.21 bits per heavy atom. The molecule has 2 amide bonds. The maximum absolute atomic E-state index is 13.1. The van der Waals surface area contributed by atoms with Crippen LogP contribution >= 0.6 is 0 Å². The third-order valence-corrected chi connectivity index (χ3v) is 5.38. The topological polar surface area (TPSA) is 40.6 Å². The van der Waals surface area contributed by atoms with Gasteiger partial charge in [-0.2, -0.15) is 0 Å². The van der Waals surface area contributed by atoms with E-state index in [0.29, 0.717) is 25.3 Å². The van der Waals surface area contributed by atoms with Gasteiger partial charge >= 0.3 is 0 Å². The minimum atomic E-state index is -0.0632. The Kier molecular flexibility index (Phi) is 4.93. The van der Waals surface area contributed by atoms with Gasteiger partial charge < -0.3 is 9.80 Å². The molecule has 1 aromatic carbocycles. The van der Waals surface area contributed by atoms with E-state index in [-0.39, 0.29) is 23.8 Å². The first-order chi connectivity index (χ1) is 11.5. The normalized spacial score (nSPS) is 24.2. The average molecular weight is 328 g/mol. The van der Waals surface area contributed by atoms with Crippen LogP contribution in [-0.2, 0) is 22.6 Å². The monoisotopic (exact) mass is 328 g/mol.